The van der Waals surface area contributed by atoms with Crippen molar-refractivity contribution in [3.63, 3.8) is 0 Å². The summed E-state index contributed by atoms with van der Waals surface area (Å²) in [4.78, 5) is 0. The molecule has 3 nitrogen and oxygen atoms in total. The van der Waals surface area contributed by atoms with E-state index < -0.39 is 0 Å². The molecule has 0 heterocycles. The van der Waals surface area contributed by atoms with Gasteiger partial charge in [-0.25, -0.2) is 0 Å². The van der Waals surface area contributed by atoms with Crippen molar-refractivity contribution in [1.82, 2.24) is 0 Å². The normalized spacial score (nSPS) is 19.4. The summed E-state index contributed by atoms with van der Waals surface area (Å²) < 4.78 is 5.54. The largest absolute Gasteiger partial charge is 0.494 e. The van der Waals surface area contributed by atoms with E-state index >= 15 is 0 Å². The molecule has 0 saturated heterocycles. The number of allylic oxidation sites excluding steroid dienone is 5. The van der Waals surface area contributed by atoms with Gasteiger partial charge in [0.25, 0.3) is 0 Å². The number of aliphatic hydroxyl groups excluding tert-OH is 1. The van der Waals surface area contributed by atoms with Gasteiger partial charge in [-0.1, -0.05) is 12.2 Å². The van der Waals surface area contributed by atoms with Crippen molar-refractivity contribution in [2.45, 2.75) is 19.8 Å². The number of hydrogen-bond acceptors (Lipinski definition) is 3. The van der Waals surface area contributed by atoms with Gasteiger partial charge in [0.1, 0.15) is 5.76 Å². The average molecular weight is 219 g/mol. The minimum absolute atomic E-state index is 0.171. The van der Waals surface area contributed by atoms with E-state index in [0.29, 0.717) is 6.61 Å². The third kappa shape index (κ3) is 4.33. The van der Waals surface area contributed by atoms with Gasteiger partial charge in [0.2, 0.25) is 0 Å². The zero-order chi connectivity index (χ0) is 11.8. The van der Waals surface area contributed by atoms with Crippen LogP contribution in [-0.4, -0.2) is 18.3 Å². The lowest BCUT2D eigenvalue weighted by molar-refractivity contribution is 0.201. The molecule has 0 aromatic rings. The zero-order valence-corrected chi connectivity index (χ0v) is 9.52. The van der Waals surface area contributed by atoms with Gasteiger partial charge < -0.3 is 9.84 Å². The Morgan fingerprint density at radius 2 is 2.31 bits per heavy atom. The van der Waals surface area contributed by atoms with Gasteiger partial charge in [-0.2, -0.15) is 5.26 Å². The van der Waals surface area contributed by atoms with Crippen molar-refractivity contribution >= 4 is 0 Å². The Labute approximate surface area is 96.3 Å². The maximum Gasteiger partial charge on any atom is 0.119 e. The first kappa shape index (κ1) is 12.5. The molecule has 0 amide bonds. The summed E-state index contributed by atoms with van der Waals surface area (Å²) in [6.45, 7) is 2.75. The van der Waals surface area contributed by atoms with Crippen LogP contribution in [-0.2, 0) is 4.74 Å². The van der Waals surface area contributed by atoms with Gasteiger partial charge in [0, 0.05) is 6.61 Å². The van der Waals surface area contributed by atoms with Gasteiger partial charge in [-0.15, -0.1) is 0 Å². The zero-order valence-electron chi connectivity index (χ0n) is 9.52. The second kappa shape index (κ2) is 6.86. The van der Waals surface area contributed by atoms with Gasteiger partial charge in [-0.05, 0) is 37.5 Å². The highest BCUT2D eigenvalue weighted by Gasteiger charge is 2.04. The number of nitriles is 1. The van der Waals surface area contributed by atoms with Crippen molar-refractivity contribution < 1.29 is 9.84 Å². The first-order valence-electron chi connectivity index (χ1n) is 5.48. The minimum Gasteiger partial charge on any atom is -0.494 e. The molecule has 0 aromatic carbocycles. The molecule has 0 spiro atoms. The fourth-order valence-corrected chi connectivity index (χ4v) is 1.43. The molecular weight excluding hydrogens is 202 g/mol. The molecule has 1 aliphatic carbocycles. The third-order valence-corrected chi connectivity index (χ3v) is 2.25. The topological polar surface area (TPSA) is 53.2 Å². The molecule has 0 fully saturated rings. The van der Waals surface area contributed by atoms with E-state index in [1.807, 2.05) is 31.2 Å². The van der Waals surface area contributed by atoms with Crippen LogP contribution in [0.3, 0.4) is 0 Å². The minimum atomic E-state index is -0.171. The Morgan fingerprint density at radius 3 is 3.00 bits per heavy atom. The molecule has 16 heavy (non-hydrogen) atoms. The molecule has 0 bridgehead atoms. The Kier molecular flexibility index (Phi) is 5.38. The van der Waals surface area contributed by atoms with E-state index in [4.69, 9.17) is 15.1 Å². The van der Waals surface area contributed by atoms with Crippen LogP contribution in [0.4, 0.5) is 0 Å². The molecule has 86 valence electrons. The van der Waals surface area contributed by atoms with Crippen molar-refractivity contribution in [1.29, 1.82) is 5.26 Å². The van der Waals surface area contributed by atoms with Gasteiger partial charge in [0.05, 0.1) is 18.6 Å². The number of nitrogens with zero attached hydrogens (tertiary/aromatic N) is 1. The quantitative estimate of drug-likeness (QED) is 0.722. The third-order valence-electron chi connectivity index (χ3n) is 2.25. The van der Waals surface area contributed by atoms with Crippen molar-refractivity contribution in [2.75, 3.05) is 13.2 Å². The summed E-state index contributed by atoms with van der Waals surface area (Å²) in [7, 11) is 0. The summed E-state index contributed by atoms with van der Waals surface area (Å²) in [6, 6.07) is 2.19. The molecule has 1 aliphatic rings. The summed E-state index contributed by atoms with van der Waals surface area (Å²) in [5.41, 5.74) is 1.04. The molecule has 1 unspecified atom stereocenters. The van der Waals surface area contributed by atoms with E-state index in [1.165, 1.54) is 0 Å². The molecule has 0 radical (unpaired) electrons. The molecule has 3 heteroatoms. The maximum absolute atomic E-state index is 8.83. The lowest BCUT2D eigenvalue weighted by Crippen LogP contribution is -1.95. The van der Waals surface area contributed by atoms with Crippen LogP contribution in [0.15, 0.2) is 35.6 Å². The van der Waals surface area contributed by atoms with Crippen LogP contribution in [0.5, 0.6) is 0 Å². The number of ether oxygens (including phenoxy) is 1. The average Bonchev–Trinajstić information content (AvgIpc) is 2.46. The molecule has 1 rings (SSSR count). The van der Waals surface area contributed by atoms with Crippen LogP contribution in [0.25, 0.3) is 0 Å². The van der Waals surface area contributed by atoms with E-state index in [-0.39, 0.29) is 12.5 Å². The second-order valence-corrected chi connectivity index (χ2v) is 3.75. The summed E-state index contributed by atoms with van der Waals surface area (Å²) in [6.07, 6.45) is 9.08. The highest BCUT2D eigenvalue weighted by molar-refractivity contribution is 5.33. The standard InChI is InChI=1S/C13H17NO2/c1-11-8-12(10-14)4-5-13(9-11)16-7-3-2-6-15/h4-5,8-9,12,15H,2-3,6-7H2,1H3. The van der Waals surface area contributed by atoms with Crippen LogP contribution >= 0.6 is 0 Å². The molecular formula is C13H17NO2. The summed E-state index contributed by atoms with van der Waals surface area (Å²) >= 11 is 0. The van der Waals surface area contributed by atoms with Crippen molar-refractivity contribution in [3.8, 4) is 6.07 Å². The second-order valence-electron chi connectivity index (χ2n) is 3.75. The lowest BCUT2D eigenvalue weighted by atomic mass is 10.1. The number of rotatable bonds is 5. The van der Waals surface area contributed by atoms with E-state index in [1.54, 1.807) is 0 Å². The number of unbranched alkanes of at least 4 members (excludes halogenated alkanes) is 1. The molecule has 0 aliphatic heterocycles. The van der Waals surface area contributed by atoms with E-state index in [9.17, 15) is 0 Å². The molecule has 0 saturated carbocycles. The highest BCUT2D eigenvalue weighted by Crippen LogP contribution is 2.15. The van der Waals surface area contributed by atoms with Crippen LogP contribution in [0.1, 0.15) is 19.8 Å². The fraction of sp³-hybridized carbons (Fsp3) is 0.462. The predicted octanol–water partition coefficient (Wildman–Crippen LogP) is 2.32. The fourth-order valence-electron chi connectivity index (χ4n) is 1.43. The smallest absolute Gasteiger partial charge is 0.119 e. The lowest BCUT2D eigenvalue weighted by Gasteiger charge is -2.05. The van der Waals surface area contributed by atoms with Gasteiger partial charge >= 0.3 is 0 Å². The Morgan fingerprint density at radius 1 is 1.50 bits per heavy atom. The van der Waals surface area contributed by atoms with Gasteiger partial charge in [0.15, 0.2) is 0 Å². The van der Waals surface area contributed by atoms with Crippen LogP contribution < -0.4 is 0 Å². The van der Waals surface area contributed by atoms with Gasteiger partial charge in [-0.3, -0.25) is 0 Å². The number of hydrogen-bond donors (Lipinski definition) is 1. The Hall–Kier alpha value is -1.53. The van der Waals surface area contributed by atoms with Crippen LogP contribution in [0.2, 0.25) is 0 Å². The monoisotopic (exact) mass is 219 g/mol. The van der Waals surface area contributed by atoms with Crippen molar-refractivity contribution in [3.05, 3.63) is 35.6 Å². The molecule has 1 N–H and O–H groups in total. The first-order chi connectivity index (χ1) is 7.76. The molecule has 1 atom stereocenters. The van der Waals surface area contributed by atoms with Crippen molar-refractivity contribution in [2.24, 2.45) is 5.92 Å². The van der Waals surface area contributed by atoms with E-state index in [2.05, 4.69) is 6.07 Å². The van der Waals surface area contributed by atoms with Crippen LogP contribution in [0, 0.1) is 17.2 Å². The Balaban J connectivity index is 2.49. The maximum atomic E-state index is 8.83. The highest BCUT2D eigenvalue weighted by atomic mass is 16.5. The Bertz CT molecular complexity index is 347. The first-order valence-corrected chi connectivity index (χ1v) is 5.48. The summed E-state index contributed by atoms with van der Waals surface area (Å²) in [5.74, 6) is 0.610. The predicted molar refractivity (Wildman–Crippen MR) is 62.4 cm³/mol. The molecule has 0 aromatic heterocycles. The summed E-state index contributed by atoms with van der Waals surface area (Å²) in [5, 5.41) is 17.5. The van der Waals surface area contributed by atoms with E-state index in [0.717, 1.165) is 24.2 Å². The SMILES string of the molecule is CC1=CC(C#N)C=CC(OCCCCO)=C1. The number of aliphatic hydroxyl groups is 1.